The average molecular weight is 382 g/mol. The van der Waals surface area contributed by atoms with Gasteiger partial charge in [-0.2, -0.15) is 5.10 Å². The Morgan fingerprint density at radius 3 is 2.35 bits per heavy atom. The molecule has 0 saturated carbocycles. The van der Waals surface area contributed by atoms with E-state index in [9.17, 15) is 4.79 Å². The van der Waals surface area contributed by atoms with Gasteiger partial charge in [-0.1, -0.05) is 0 Å². The first-order chi connectivity index (χ1) is 11.0. The number of amides is 1. The zero-order valence-electron chi connectivity index (χ0n) is 13.7. The Hall–Kier alpha value is -2.02. The maximum Gasteiger partial charge on any atom is 0.254 e. The summed E-state index contributed by atoms with van der Waals surface area (Å²) < 4.78 is 13.1. The number of hydrogen-bond acceptors (Lipinski definition) is 4. The van der Waals surface area contributed by atoms with Gasteiger partial charge < -0.3 is 14.4 Å². The number of aryl methyl sites for hydroxylation is 1. The van der Waals surface area contributed by atoms with Crippen molar-refractivity contribution in [3.8, 4) is 11.5 Å². The number of methoxy groups -OCH3 is 2. The van der Waals surface area contributed by atoms with Crippen LogP contribution in [-0.2, 0) is 13.1 Å². The summed E-state index contributed by atoms with van der Waals surface area (Å²) >= 11 is 3.48. The van der Waals surface area contributed by atoms with Gasteiger partial charge in [0.05, 0.1) is 30.9 Å². The summed E-state index contributed by atoms with van der Waals surface area (Å²) in [6, 6.07) is 5.12. The summed E-state index contributed by atoms with van der Waals surface area (Å²) in [5.74, 6) is 1.04. The molecule has 6 nitrogen and oxygen atoms in total. The van der Waals surface area contributed by atoms with Gasteiger partial charge in [-0.15, -0.1) is 0 Å². The van der Waals surface area contributed by atoms with E-state index in [1.807, 2.05) is 17.8 Å². The highest BCUT2D eigenvalue weighted by molar-refractivity contribution is 9.10. The molecule has 0 fully saturated rings. The number of aromatic nitrogens is 2. The Balaban J connectivity index is 2.20. The van der Waals surface area contributed by atoms with E-state index >= 15 is 0 Å². The van der Waals surface area contributed by atoms with E-state index in [4.69, 9.17) is 9.47 Å². The average Bonchev–Trinajstić information content (AvgIpc) is 2.93. The SMILES string of the molecule is CCn1cc(Br)c(CN(C)C(=O)c2cc(OC)cc(OC)c2)n1. The first kappa shape index (κ1) is 17.3. The van der Waals surface area contributed by atoms with Gasteiger partial charge in [0.15, 0.2) is 0 Å². The maximum absolute atomic E-state index is 12.6. The molecular formula is C16H20BrN3O3. The molecule has 0 saturated heterocycles. The number of rotatable bonds is 6. The molecule has 7 heteroatoms. The van der Waals surface area contributed by atoms with Crippen molar-refractivity contribution in [3.05, 3.63) is 40.1 Å². The first-order valence-corrected chi connectivity index (χ1v) is 7.98. The molecule has 1 amide bonds. The smallest absolute Gasteiger partial charge is 0.254 e. The van der Waals surface area contributed by atoms with Crippen molar-refractivity contribution in [1.82, 2.24) is 14.7 Å². The van der Waals surface area contributed by atoms with E-state index < -0.39 is 0 Å². The summed E-state index contributed by atoms with van der Waals surface area (Å²) in [6.45, 7) is 3.20. The van der Waals surface area contributed by atoms with E-state index in [1.54, 1.807) is 44.4 Å². The zero-order valence-corrected chi connectivity index (χ0v) is 15.3. The standard InChI is InChI=1S/C16H20BrN3O3/c1-5-20-9-14(17)15(18-20)10-19(2)16(21)11-6-12(22-3)8-13(7-11)23-4/h6-9H,5,10H2,1-4H3. The van der Waals surface area contributed by atoms with Crippen molar-refractivity contribution in [2.24, 2.45) is 0 Å². The van der Waals surface area contributed by atoms with Crippen LogP contribution in [0.25, 0.3) is 0 Å². The fourth-order valence-corrected chi connectivity index (χ4v) is 2.59. The van der Waals surface area contributed by atoms with Crippen LogP contribution in [0.5, 0.6) is 11.5 Å². The van der Waals surface area contributed by atoms with Gasteiger partial charge >= 0.3 is 0 Å². The summed E-state index contributed by atoms with van der Waals surface area (Å²) in [4.78, 5) is 14.3. The molecule has 0 N–H and O–H groups in total. The van der Waals surface area contributed by atoms with Crippen LogP contribution in [0, 0.1) is 0 Å². The molecule has 1 aromatic heterocycles. The van der Waals surface area contributed by atoms with Gasteiger partial charge in [-0.3, -0.25) is 9.48 Å². The Bertz CT molecular complexity index is 678. The third kappa shape index (κ3) is 4.04. The first-order valence-electron chi connectivity index (χ1n) is 7.18. The predicted octanol–water partition coefficient (Wildman–Crippen LogP) is 2.95. The van der Waals surface area contributed by atoms with Gasteiger partial charge in [0.1, 0.15) is 11.5 Å². The number of hydrogen-bond donors (Lipinski definition) is 0. The summed E-state index contributed by atoms with van der Waals surface area (Å²) in [7, 11) is 4.86. The van der Waals surface area contributed by atoms with E-state index in [0.29, 0.717) is 23.6 Å². The molecule has 2 rings (SSSR count). The molecular weight excluding hydrogens is 362 g/mol. The molecule has 0 bridgehead atoms. The second-order valence-electron chi connectivity index (χ2n) is 5.04. The minimum absolute atomic E-state index is 0.125. The summed E-state index contributed by atoms with van der Waals surface area (Å²) in [5, 5.41) is 4.44. The molecule has 1 aromatic carbocycles. The Labute approximate surface area is 144 Å². The molecule has 124 valence electrons. The van der Waals surface area contributed by atoms with Gasteiger partial charge in [0.25, 0.3) is 5.91 Å². The second-order valence-corrected chi connectivity index (χ2v) is 5.90. The molecule has 0 aliphatic heterocycles. The number of carbonyl (C=O) groups excluding carboxylic acids is 1. The number of carbonyl (C=O) groups is 1. The van der Waals surface area contributed by atoms with Crippen LogP contribution < -0.4 is 9.47 Å². The van der Waals surface area contributed by atoms with Crippen LogP contribution >= 0.6 is 15.9 Å². The topological polar surface area (TPSA) is 56.6 Å². The Morgan fingerprint density at radius 2 is 1.87 bits per heavy atom. The fourth-order valence-electron chi connectivity index (χ4n) is 2.15. The zero-order chi connectivity index (χ0) is 17.0. The summed E-state index contributed by atoms with van der Waals surface area (Å²) in [5.41, 5.74) is 1.33. The van der Waals surface area contributed by atoms with Crippen LogP contribution in [0.2, 0.25) is 0 Å². The van der Waals surface area contributed by atoms with E-state index in [1.165, 1.54) is 0 Å². The molecule has 0 aliphatic rings. The van der Waals surface area contributed by atoms with Crippen molar-refractivity contribution in [3.63, 3.8) is 0 Å². The molecule has 2 aromatic rings. The Morgan fingerprint density at radius 1 is 1.26 bits per heavy atom. The predicted molar refractivity (Wildman–Crippen MR) is 90.9 cm³/mol. The number of ether oxygens (including phenoxy) is 2. The van der Waals surface area contributed by atoms with Gasteiger partial charge in [0.2, 0.25) is 0 Å². The van der Waals surface area contributed by atoms with Crippen molar-refractivity contribution in [2.45, 2.75) is 20.0 Å². The molecule has 0 atom stereocenters. The lowest BCUT2D eigenvalue weighted by molar-refractivity contribution is 0.0782. The fraction of sp³-hybridized carbons (Fsp3) is 0.375. The third-order valence-electron chi connectivity index (χ3n) is 3.44. The van der Waals surface area contributed by atoms with Crippen LogP contribution in [0.15, 0.2) is 28.9 Å². The minimum Gasteiger partial charge on any atom is -0.497 e. The normalized spacial score (nSPS) is 10.5. The lowest BCUT2D eigenvalue weighted by Crippen LogP contribution is -2.26. The van der Waals surface area contributed by atoms with Crippen LogP contribution in [0.1, 0.15) is 23.0 Å². The number of halogens is 1. The minimum atomic E-state index is -0.125. The van der Waals surface area contributed by atoms with Crippen molar-refractivity contribution < 1.29 is 14.3 Å². The van der Waals surface area contributed by atoms with Gasteiger partial charge in [0, 0.05) is 31.4 Å². The molecule has 0 spiro atoms. The van der Waals surface area contributed by atoms with Crippen LogP contribution in [0.3, 0.4) is 0 Å². The highest BCUT2D eigenvalue weighted by Crippen LogP contribution is 2.24. The van der Waals surface area contributed by atoms with E-state index in [2.05, 4.69) is 21.0 Å². The van der Waals surface area contributed by atoms with E-state index in [0.717, 1.165) is 16.7 Å². The highest BCUT2D eigenvalue weighted by atomic mass is 79.9. The molecule has 0 aliphatic carbocycles. The molecule has 0 unspecified atom stereocenters. The van der Waals surface area contributed by atoms with Gasteiger partial charge in [-0.05, 0) is 35.0 Å². The quantitative estimate of drug-likeness (QED) is 0.771. The lowest BCUT2D eigenvalue weighted by Gasteiger charge is -2.17. The molecule has 0 radical (unpaired) electrons. The van der Waals surface area contributed by atoms with Crippen molar-refractivity contribution in [1.29, 1.82) is 0 Å². The summed E-state index contributed by atoms with van der Waals surface area (Å²) in [6.07, 6.45) is 1.90. The van der Waals surface area contributed by atoms with Crippen LogP contribution in [-0.4, -0.2) is 41.9 Å². The molecule has 23 heavy (non-hydrogen) atoms. The largest absolute Gasteiger partial charge is 0.497 e. The van der Waals surface area contributed by atoms with Crippen molar-refractivity contribution in [2.75, 3.05) is 21.3 Å². The number of benzene rings is 1. The highest BCUT2D eigenvalue weighted by Gasteiger charge is 2.17. The number of nitrogens with zero attached hydrogens (tertiary/aromatic N) is 3. The van der Waals surface area contributed by atoms with Crippen LogP contribution in [0.4, 0.5) is 0 Å². The van der Waals surface area contributed by atoms with E-state index in [-0.39, 0.29) is 5.91 Å². The van der Waals surface area contributed by atoms with Gasteiger partial charge in [-0.25, -0.2) is 0 Å². The van der Waals surface area contributed by atoms with Crippen molar-refractivity contribution >= 4 is 21.8 Å². The Kier molecular flexibility index (Phi) is 5.65. The third-order valence-corrected chi connectivity index (χ3v) is 4.11. The maximum atomic E-state index is 12.6. The molecule has 1 heterocycles. The second kappa shape index (κ2) is 7.50. The lowest BCUT2D eigenvalue weighted by atomic mass is 10.1. The monoisotopic (exact) mass is 381 g/mol.